The van der Waals surface area contributed by atoms with Crippen LogP contribution in [0, 0.1) is 5.92 Å². The maximum atomic E-state index is 12.6. The van der Waals surface area contributed by atoms with Crippen LogP contribution in [0.3, 0.4) is 0 Å². The minimum absolute atomic E-state index is 0.0975. The lowest BCUT2D eigenvalue weighted by molar-refractivity contribution is -0.123. The first-order valence-electron chi connectivity index (χ1n) is 8.61. The van der Waals surface area contributed by atoms with E-state index in [0.717, 1.165) is 0 Å². The minimum Gasteiger partial charge on any atom is -0.465 e. The molecule has 1 aliphatic rings. The van der Waals surface area contributed by atoms with E-state index in [4.69, 9.17) is 4.74 Å². The molecule has 2 heterocycles. The number of rotatable bonds is 5. The quantitative estimate of drug-likeness (QED) is 0.731. The SMILES string of the molecule is COC(=O)c1ccc(C(=O)OC)c(NC(=O)C2CN(C(=O)c3cnccn3)C2)c1. The molecule has 1 aromatic heterocycles. The topological polar surface area (TPSA) is 128 Å². The summed E-state index contributed by atoms with van der Waals surface area (Å²) >= 11 is 0. The first-order chi connectivity index (χ1) is 13.9. The maximum absolute atomic E-state index is 12.6. The predicted molar refractivity (Wildman–Crippen MR) is 99.2 cm³/mol. The van der Waals surface area contributed by atoms with Gasteiger partial charge in [-0.3, -0.25) is 14.6 Å². The first kappa shape index (κ1) is 19.9. The lowest BCUT2D eigenvalue weighted by atomic mass is 9.98. The molecule has 1 aromatic carbocycles. The van der Waals surface area contributed by atoms with Gasteiger partial charge in [-0.1, -0.05) is 0 Å². The number of hydrogen-bond acceptors (Lipinski definition) is 8. The molecule has 0 saturated carbocycles. The van der Waals surface area contributed by atoms with Gasteiger partial charge in [0.2, 0.25) is 5.91 Å². The molecule has 10 nitrogen and oxygen atoms in total. The highest BCUT2D eigenvalue weighted by molar-refractivity contribution is 6.04. The van der Waals surface area contributed by atoms with Gasteiger partial charge in [0.15, 0.2) is 0 Å². The number of carbonyl (C=O) groups excluding carboxylic acids is 4. The van der Waals surface area contributed by atoms with Crippen molar-refractivity contribution >= 4 is 29.4 Å². The van der Waals surface area contributed by atoms with Crippen LogP contribution in [0.4, 0.5) is 5.69 Å². The molecule has 2 amide bonds. The van der Waals surface area contributed by atoms with E-state index in [9.17, 15) is 19.2 Å². The van der Waals surface area contributed by atoms with Gasteiger partial charge in [-0.2, -0.15) is 0 Å². The molecule has 0 atom stereocenters. The number of nitrogens with zero attached hydrogens (tertiary/aromatic N) is 3. The Morgan fingerprint density at radius 1 is 1.07 bits per heavy atom. The molecule has 150 valence electrons. The number of ether oxygens (including phenoxy) is 2. The van der Waals surface area contributed by atoms with E-state index in [2.05, 4.69) is 20.0 Å². The predicted octanol–water partition coefficient (Wildman–Crippen LogP) is 0.760. The molecule has 10 heteroatoms. The highest BCUT2D eigenvalue weighted by atomic mass is 16.5. The van der Waals surface area contributed by atoms with Crippen LogP contribution in [-0.2, 0) is 14.3 Å². The zero-order valence-corrected chi connectivity index (χ0v) is 15.7. The fraction of sp³-hybridized carbons (Fsp3) is 0.263. The van der Waals surface area contributed by atoms with Gasteiger partial charge in [0.1, 0.15) is 5.69 Å². The van der Waals surface area contributed by atoms with Gasteiger partial charge < -0.3 is 19.7 Å². The van der Waals surface area contributed by atoms with E-state index in [1.807, 2.05) is 0 Å². The van der Waals surface area contributed by atoms with Crippen molar-refractivity contribution in [2.45, 2.75) is 0 Å². The summed E-state index contributed by atoms with van der Waals surface area (Å²) in [4.78, 5) is 57.8. The van der Waals surface area contributed by atoms with Crippen molar-refractivity contribution in [1.29, 1.82) is 0 Å². The van der Waals surface area contributed by atoms with Gasteiger partial charge in [0, 0.05) is 25.5 Å². The molecule has 0 aliphatic carbocycles. The number of benzene rings is 1. The fourth-order valence-corrected chi connectivity index (χ4v) is 2.80. The molecule has 1 aliphatic heterocycles. The number of anilines is 1. The van der Waals surface area contributed by atoms with Crippen LogP contribution in [0.25, 0.3) is 0 Å². The number of nitrogens with one attached hydrogen (secondary N) is 1. The Hall–Kier alpha value is -3.82. The number of likely N-dealkylation sites (tertiary alicyclic amines) is 1. The Bertz CT molecular complexity index is 956. The van der Waals surface area contributed by atoms with E-state index in [0.29, 0.717) is 0 Å². The highest BCUT2D eigenvalue weighted by Crippen LogP contribution is 2.23. The largest absolute Gasteiger partial charge is 0.465 e. The smallest absolute Gasteiger partial charge is 0.339 e. The van der Waals surface area contributed by atoms with E-state index in [-0.39, 0.29) is 47.4 Å². The normalized spacial score (nSPS) is 13.2. The summed E-state index contributed by atoms with van der Waals surface area (Å²) in [5, 5.41) is 2.63. The third-order valence-corrected chi connectivity index (χ3v) is 4.43. The van der Waals surface area contributed by atoms with Crippen molar-refractivity contribution in [2.75, 3.05) is 32.6 Å². The van der Waals surface area contributed by atoms with Crippen LogP contribution < -0.4 is 5.32 Å². The first-order valence-corrected chi connectivity index (χ1v) is 8.61. The van der Waals surface area contributed by atoms with Gasteiger partial charge in [0.05, 0.1) is 43.1 Å². The molecular formula is C19H18N4O6. The number of aromatic nitrogens is 2. The molecule has 1 saturated heterocycles. The lowest BCUT2D eigenvalue weighted by Crippen LogP contribution is -2.54. The summed E-state index contributed by atoms with van der Waals surface area (Å²) < 4.78 is 9.37. The second kappa shape index (κ2) is 8.46. The average molecular weight is 398 g/mol. The highest BCUT2D eigenvalue weighted by Gasteiger charge is 2.37. The fourth-order valence-electron chi connectivity index (χ4n) is 2.80. The van der Waals surface area contributed by atoms with E-state index in [1.165, 1.54) is 55.9 Å². The van der Waals surface area contributed by atoms with Crippen molar-refractivity contribution in [3.63, 3.8) is 0 Å². The summed E-state index contributed by atoms with van der Waals surface area (Å²) in [5.41, 5.74) is 0.595. The number of carbonyl (C=O) groups is 4. The Morgan fingerprint density at radius 3 is 2.41 bits per heavy atom. The van der Waals surface area contributed by atoms with Crippen LogP contribution in [0.1, 0.15) is 31.2 Å². The van der Waals surface area contributed by atoms with E-state index >= 15 is 0 Å². The zero-order valence-electron chi connectivity index (χ0n) is 15.7. The minimum atomic E-state index is -0.662. The summed E-state index contributed by atoms with van der Waals surface area (Å²) in [5.74, 6) is -2.44. The Labute approximate surface area is 165 Å². The number of amides is 2. The molecule has 0 spiro atoms. The summed E-state index contributed by atoms with van der Waals surface area (Å²) in [7, 11) is 2.44. The summed E-state index contributed by atoms with van der Waals surface area (Å²) in [6.07, 6.45) is 4.24. The van der Waals surface area contributed by atoms with E-state index in [1.54, 1.807) is 0 Å². The summed E-state index contributed by atoms with van der Waals surface area (Å²) in [6.45, 7) is 0.400. The molecule has 0 bridgehead atoms. The number of hydrogen-bond donors (Lipinski definition) is 1. The van der Waals surface area contributed by atoms with Gasteiger partial charge in [-0.15, -0.1) is 0 Å². The molecule has 1 N–H and O–H groups in total. The van der Waals surface area contributed by atoms with Crippen molar-refractivity contribution in [2.24, 2.45) is 5.92 Å². The molecule has 1 fully saturated rings. The number of methoxy groups -OCH3 is 2. The Kier molecular flexibility index (Phi) is 5.82. The van der Waals surface area contributed by atoms with Gasteiger partial charge in [-0.05, 0) is 18.2 Å². The third-order valence-electron chi connectivity index (χ3n) is 4.43. The Balaban J connectivity index is 1.70. The lowest BCUT2D eigenvalue weighted by Gasteiger charge is -2.37. The van der Waals surface area contributed by atoms with E-state index < -0.39 is 17.9 Å². The molecule has 3 rings (SSSR count). The molecule has 0 radical (unpaired) electrons. The zero-order chi connectivity index (χ0) is 21.0. The maximum Gasteiger partial charge on any atom is 0.339 e. The van der Waals surface area contributed by atoms with Crippen LogP contribution in [-0.4, -0.2) is 65.9 Å². The van der Waals surface area contributed by atoms with Crippen molar-refractivity contribution < 1.29 is 28.7 Å². The van der Waals surface area contributed by atoms with Gasteiger partial charge in [0.25, 0.3) is 5.91 Å². The molecule has 0 unspecified atom stereocenters. The third kappa shape index (κ3) is 4.21. The van der Waals surface area contributed by atoms with Crippen LogP contribution >= 0.6 is 0 Å². The van der Waals surface area contributed by atoms with Crippen molar-refractivity contribution in [1.82, 2.24) is 14.9 Å². The van der Waals surface area contributed by atoms with Crippen LogP contribution in [0.5, 0.6) is 0 Å². The molecule has 2 aromatic rings. The monoisotopic (exact) mass is 398 g/mol. The van der Waals surface area contributed by atoms with Crippen LogP contribution in [0.2, 0.25) is 0 Å². The van der Waals surface area contributed by atoms with Gasteiger partial charge in [-0.25, -0.2) is 14.6 Å². The average Bonchev–Trinajstić information content (AvgIpc) is 2.72. The standard InChI is InChI=1S/C19H18N4O6/c1-28-18(26)11-3-4-13(19(27)29-2)14(7-11)22-16(24)12-9-23(10-12)17(25)15-8-20-5-6-21-15/h3-8,12H,9-10H2,1-2H3,(H,22,24). The second-order valence-corrected chi connectivity index (χ2v) is 6.23. The molecule has 29 heavy (non-hydrogen) atoms. The summed E-state index contributed by atoms with van der Waals surface area (Å²) in [6, 6.07) is 4.12. The van der Waals surface area contributed by atoms with Crippen molar-refractivity contribution in [3.8, 4) is 0 Å². The van der Waals surface area contributed by atoms with Crippen molar-refractivity contribution in [3.05, 3.63) is 53.6 Å². The van der Waals surface area contributed by atoms with Gasteiger partial charge >= 0.3 is 11.9 Å². The Morgan fingerprint density at radius 2 is 1.79 bits per heavy atom. The number of esters is 2. The van der Waals surface area contributed by atoms with Crippen LogP contribution in [0.15, 0.2) is 36.8 Å². The second-order valence-electron chi connectivity index (χ2n) is 6.23. The molecular weight excluding hydrogens is 380 g/mol.